The second kappa shape index (κ2) is 9.16. The summed E-state index contributed by atoms with van der Waals surface area (Å²) >= 11 is 5.77. The number of nitrogens with zero attached hydrogens (tertiary/aromatic N) is 1. The molecule has 0 aliphatic carbocycles. The zero-order chi connectivity index (χ0) is 20.0. The van der Waals surface area contributed by atoms with Crippen molar-refractivity contribution in [2.45, 2.75) is 17.7 Å². The van der Waals surface area contributed by atoms with E-state index in [9.17, 15) is 17.6 Å². The molecule has 0 aromatic heterocycles. The standard InChI is InChI=1S/C18H20ClFN2O4S/c1-22(27(24,25)15-8-6-14(26-2)7-9-15)11-3-4-18(23)21-17-12-13(19)5-10-16(17)20/h5-10,12H,3-4,11H2,1-2H3,(H,21,23). The van der Waals surface area contributed by atoms with Crippen LogP contribution in [0.5, 0.6) is 5.75 Å². The van der Waals surface area contributed by atoms with Gasteiger partial charge in [0.1, 0.15) is 11.6 Å². The molecular formula is C18H20ClFN2O4S. The number of methoxy groups -OCH3 is 1. The van der Waals surface area contributed by atoms with Crippen molar-refractivity contribution in [3.8, 4) is 5.75 Å². The molecule has 6 nitrogen and oxygen atoms in total. The van der Waals surface area contributed by atoms with Crippen LogP contribution < -0.4 is 10.1 Å². The molecule has 0 aliphatic rings. The van der Waals surface area contributed by atoms with E-state index >= 15 is 0 Å². The Kier molecular flexibility index (Phi) is 7.18. The molecule has 0 radical (unpaired) electrons. The summed E-state index contributed by atoms with van der Waals surface area (Å²) in [6, 6.07) is 9.90. The van der Waals surface area contributed by atoms with Crippen molar-refractivity contribution < 1.29 is 22.3 Å². The third-order valence-corrected chi connectivity index (χ3v) is 5.95. The maximum atomic E-state index is 13.6. The Balaban J connectivity index is 1.89. The van der Waals surface area contributed by atoms with Gasteiger partial charge in [0.05, 0.1) is 17.7 Å². The van der Waals surface area contributed by atoms with Gasteiger partial charge in [-0.25, -0.2) is 17.1 Å². The van der Waals surface area contributed by atoms with Crippen LogP contribution in [0.2, 0.25) is 5.02 Å². The average Bonchev–Trinajstić information content (AvgIpc) is 2.64. The molecule has 1 N–H and O–H groups in total. The smallest absolute Gasteiger partial charge is 0.242 e. The minimum absolute atomic E-state index is 0.00768. The average molecular weight is 415 g/mol. The van der Waals surface area contributed by atoms with Gasteiger partial charge in [-0.05, 0) is 48.9 Å². The summed E-state index contributed by atoms with van der Waals surface area (Å²) in [6.07, 6.45) is 0.314. The van der Waals surface area contributed by atoms with E-state index < -0.39 is 21.7 Å². The van der Waals surface area contributed by atoms with E-state index in [1.807, 2.05) is 0 Å². The molecule has 0 fully saturated rings. The van der Waals surface area contributed by atoms with Crippen molar-refractivity contribution >= 4 is 33.2 Å². The number of sulfonamides is 1. The Morgan fingerprint density at radius 1 is 1.22 bits per heavy atom. The first-order valence-corrected chi connectivity index (χ1v) is 9.91. The number of rotatable bonds is 8. The molecule has 9 heteroatoms. The zero-order valence-corrected chi connectivity index (χ0v) is 16.5. The van der Waals surface area contributed by atoms with Gasteiger partial charge in [-0.15, -0.1) is 0 Å². The number of hydrogen-bond acceptors (Lipinski definition) is 4. The third-order valence-electron chi connectivity index (χ3n) is 3.85. The van der Waals surface area contributed by atoms with Crippen LogP contribution in [0.1, 0.15) is 12.8 Å². The third kappa shape index (κ3) is 5.66. The molecule has 2 aromatic rings. The van der Waals surface area contributed by atoms with E-state index in [1.165, 1.54) is 42.7 Å². The molecule has 0 saturated carbocycles. The van der Waals surface area contributed by atoms with Crippen molar-refractivity contribution in [3.05, 3.63) is 53.3 Å². The van der Waals surface area contributed by atoms with Gasteiger partial charge < -0.3 is 10.1 Å². The van der Waals surface area contributed by atoms with Crippen LogP contribution in [0.15, 0.2) is 47.4 Å². The first-order chi connectivity index (χ1) is 12.7. The Morgan fingerprint density at radius 2 is 1.89 bits per heavy atom. The quantitative estimate of drug-likeness (QED) is 0.717. The number of amides is 1. The monoisotopic (exact) mass is 414 g/mol. The normalized spacial score (nSPS) is 11.4. The predicted octanol–water partition coefficient (Wildman–Crippen LogP) is 3.53. The summed E-state index contributed by atoms with van der Waals surface area (Å²) in [4.78, 5) is 12.1. The molecular weight excluding hydrogens is 395 g/mol. The Morgan fingerprint density at radius 3 is 2.52 bits per heavy atom. The molecule has 2 aromatic carbocycles. The minimum Gasteiger partial charge on any atom is -0.497 e. The van der Waals surface area contributed by atoms with Crippen molar-refractivity contribution in [1.29, 1.82) is 0 Å². The molecule has 0 spiro atoms. The van der Waals surface area contributed by atoms with Crippen molar-refractivity contribution in [3.63, 3.8) is 0 Å². The lowest BCUT2D eigenvalue weighted by Gasteiger charge is -2.17. The van der Waals surface area contributed by atoms with Gasteiger partial charge in [0.25, 0.3) is 0 Å². The summed E-state index contributed by atoms with van der Waals surface area (Å²) < 4.78 is 44.8. The van der Waals surface area contributed by atoms with E-state index in [0.29, 0.717) is 10.8 Å². The second-order valence-corrected chi connectivity index (χ2v) is 8.26. The maximum absolute atomic E-state index is 13.6. The number of halogens is 2. The molecule has 0 heterocycles. The highest BCUT2D eigenvalue weighted by atomic mass is 35.5. The zero-order valence-electron chi connectivity index (χ0n) is 14.9. The number of ether oxygens (including phenoxy) is 1. The fourth-order valence-electron chi connectivity index (χ4n) is 2.32. The highest BCUT2D eigenvalue weighted by Gasteiger charge is 2.20. The molecule has 146 valence electrons. The maximum Gasteiger partial charge on any atom is 0.242 e. The van der Waals surface area contributed by atoms with E-state index in [1.54, 1.807) is 12.1 Å². The van der Waals surface area contributed by atoms with Crippen LogP contribution in [-0.4, -0.2) is 39.3 Å². The van der Waals surface area contributed by atoms with Crippen molar-refractivity contribution in [2.24, 2.45) is 0 Å². The van der Waals surface area contributed by atoms with Crippen LogP contribution in [0.3, 0.4) is 0 Å². The molecule has 2 rings (SSSR count). The predicted molar refractivity (Wildman–Crippen MR) is 102 cm³/mol. The number of carbonyl (C=O) groups is 1. The summed E-state index contributed by atoms with van der Waals surface area (Å²) in [7, 11) is -0.730. The van der Waals surface area contributed by atoms with E-state index in [2.05, 4.69) is 5.32 Å². The molecule has 0 aliphatic heterocycles. The second-order valence-electron chi connectivity index (χ2n) is 5.78. The molecule has 0 saturated heterocycles. The van der Waals surface area contributed by atoms with Crippen LogP contribution in [0.25, 0.3) is 0 Å². The molecule has 1 amide bonds. The number of anilines is 1. The van der Waals surface area contributed by atoms with Crippen molar-refractivity contribution in [1.82, 2.24) is 4.31 Å². The minimum atomic E-state index is -3.66. The number of benzene rings is 2. The van der Waals surface area contributed by atoms with Gasteiger partial charge in [0, 0.05) is 25.0 Å². The lowest BCUT2D eigenvalue weighted by atomic mass is 10.2. The topological polar surface area (TPSA) is 75.7 Å². The van der Waals surface area contributed by atoms with Gasteiger partial charge in [-0.2, -0.15) is 0 Å². The van der Waals surface area contributed by atoms with Crippen molar-refractivity contribution in [2.75, 3.05) is 26.0 Å². The number of nitrogens with one attached hydrogen (secondary N) is 1. The largest absolute Gasteiger partial charge is 0.497 e. The molecule has 0 unspecified atom stereocenters. The summed E-state index contributed by atoms with van der Waals surface area (Å²) in [5.41, 5.74) is -0.00768. The number of carbonyl (C=O) groups excluding carboxylic acids is 1. The summed E-state index contributed by atoms with van der Waals surface area (Å²) in [6.45, 7) is 0.139. The molecule has 0 atom stereocenters. The van der Waals surface area contributed by atoms with Gasteiger partial charge in [-0.1, -0.05) is 11.6 Å². The van der Waals surface area contributed by atoms with Gasteiger partial charge in [0.2, 0.25) is 15.9 Å². The highest BCUT2D eigenvalue weighted by molar-refractivity contribution is 7.89. The fraction of sp³-hybridized carbons (Fsp3) is 0.278. The Labute approximate surface area is 162 Å². The first kappa shape index (κ1) is 21.1. The van der Waals surface area contributed by atoms with E-state index in [-0.39, 0.29) is 30.0 Å². The van der Waals surface area contributed by atoms with E-state index in [4.69, 9.17) is 16.3 Å². The fourth-order valence-corrected chi connectivity index (χ4v) is 3.70. The summed E-state index contributed by atoms with van der Waals surface area (Å²) in [5.74, 6) is -0.458. The SMILES string of the molecule is COc1ccc(S(=O)(=O)N(C)CCCC(=O)Nc2cc(Cl)ccc2F)cc1. The Bertz CT molecular complexity index is 904. The van der Waals surface area contributed by atoms with Crippen LogP contribution in [0.4, 0.5) is 10.1 Å². The lowest BCUT2D eigenvalue weighted by molar-refractivity contribution is -0.116. The van der Waals surface area contributed by atoms with Crippen LogP contribution in [-0.2, 0) is 14.8 Å². The molecule has 27 heavy (non-hydrogen) atoms. The van der Waals surface area contributed by atoms with Gasteiger partial charge in [-0.3, -0.25) is 4.79 Å². The van der Waals surface area contributed by atoms with Gasteiger partial charge in [0.15, 0.2) is 0 Å². The first-order valence-electron chi connectivity index (χ1n) is 8.09. The van der Waals surface area contributed by atoms with E-state index in [0.717, 1.165) is 6.07 Å². The van der Waals surface area contributed by atoms with Gasteiger partial charge >= 0.3 is 0 Å². The lowest BCUT2D eigenvalue weighted by Crippen LogP contribution is -2.28. The Hall–Kier alpha value is -2.16. The highest BCUT2D eigenvalue weighted by Crippen LogP contribution is 2.21. The number of hydrogen-bond donors (Lipinski definition) is 1. The molecule has 0 bridgehead atoms. The van der Waals surface area contributed by atoms with Crippen LogP contribution >= 0.6 is 11.6 Å². The summed E-state index contributed by atoms with van der Waals surface area (Å²) in [5, 5.41) is 2.73. The van der Waals surface area contributed by atoms with Crippen LogP contribution in [0, 0.1) is 5.82 Å².